The van der Waals surface area contributed by atoms with E-state index in [9.17, 15) is 4.79 Å². The number of amides is 1. The highest BCUT2D eigenvalue weighted by Gasteiger charge is 2.15. The summed E-state index contributed by atoms with van der Waals surface area (Å²) in [7, 11) is 0. The van der Waals surface area contributed by atoms with Gasteiger partial charge in [-0.05, 0) is 37.5 Å². The summed E-state index contributed by atoms with van der Waals surface area (Å²) in [6.45, 7) is 3.08. The summed E-state index contributed by atoms with van der Waals surface area (Å²) in [5, 5.41) is 8.01. The van der Waals surface area contributed by atoms with Gasteiger partial charge in [-0.15, -0.1) is 0 Å². The lowest BCUT2D eigenvalue weighted by Gasteiger charge is -2.29. The second-order valence-corrected chi connectivity index (χ2v) is 6.73. The molecule has 1 amide bonds. The molecule has 1 saturated heterocycles. The van der Waals surface area contributed by atoms with Gasteiger partial charge in [-0.3, -0.25) is 9.48 Å². The number of piperidine rings is 1. The molecule has 5 nitrogen and oxygen atoms in total. The third-order valence-electron chi connectivity index (χ3n) is 4.14. The summed E-state index contributed by atoms with van der Waals surface area (Å²) >= 11 is 12.0. The molecule has 0 radical (unpaired) electrons. The molecule has 3 rings (SSSR count). The quantitative estimate of drug-likeness (QED) is 0.878. The van der Waals surface area contributed by atoms with Crippen LogP contribution in [0.5, 0.6) is 0 Å². The van der Waals surface area contributed by atoms with Gasteiger partial charge >= 0.3 is 0 Å². The van der Waals surface area contributed by atoms with Crippen molar-refractivity contribution in [1.29, 1.82) is 0 Å². The molecule has 1 N–H and O–H groups in total. The van der Waals surface area contributed by atoms with Crippen molar-refractivity contribution in [3.63, 3.8) is 0 Å². The van der Waals surface area contributed by atoms with Crippen LogP contribution < -0.4 is 10.2 Å². The highest BCUT2D eigenvalue weighted by molar-refractivity contribution is 6.34. The number of carbonyl (C=O) groups is 1. The standard InChI is InChI=1S/C17H20Cl2N4O/c18-13-11-21-23(12-13)9-6-20-17(24)15-10-14(4-5-16(15)19)22-7-2-1-3-8-22/h4-5,10-12H,1-3,6-9H2,(H,20,24). The Bertz CT molecular complexity index is 710. The van der Waals surface area contributed by atoms with Gasteiger partial charge in [-0.25, -0.2) is 0 Å². The van der Waals surface area contributed by atoms with Crippen molar-refractivity contribution >= 4 is 34.8 Å². The third kappa shape index (κ3) is 4.22. The molecule has 1 aromatic heterocycles. The van der Waals surface area contributed by atoms with Crippen molar-refractivity contribution in [1.82, 2.24) is 15.1 Å². The van der Waals surface area contributed by atoms with Crippen LogP contribution in [-0.2, 0) is 6.54 Å². The summed E-state index contributed by atoms with van der Waals surface area (Å²) in [6, 6.07) is 5.66. The molecule has 0 spiro atoms. The van der Waals surface area contributed by atoms with Crippen LogP contribution in [0.4, 0.5) is 5.69 Å². The molecule has 24 heavy (non-hydrogen) atoms. The molecule has 0 aliphatic carbocycles. The van der Waals surface area contributed by atoms with Crippen LogP contribution in [0.15, 0.2) is 30.6 Å². The van der Waals surface area contributed by atoms with Crippen molar-refractivity contribution in [3.05, 3.63) is 46.2 Å². The highest BCUT2D eigenvalue weighted by Crippen LogP contribution is 2.25. The third-order valence-corrected chi connectivity index (χ3v) is 4.67. The predicted molar refractivity (Wildman–Crippen MR) is 97.1 cm³/mol. The number of benzene rings is 1. The summed E-state index contributed by atoms with van der Waals surface area (Å²) in [4.78, 5) is 14.7. The first-order valence-corrected chi connectivity index (χ1v) is 8.90. The van der Waals surface area contributed by atoms with Gasteiger partial charge in [-0.1, -0.05) is 23.2 Å². The van der Waals surface area contributed by atoms with Crippen molar-refractivity contribution in [2.45, 2.75) is 25.8 Å². The Kier molecular flexibility index (Phi) is 5.63. The first-order valence-electron chi connectivity index (χ1n) is 8.14. The maximum absolute atomic E-state index is 12.4. The van der Waals surface area contributed by atoms with Crippen LogP contribution in [0.1, 0.15) is 29.6 Å². The van der Waals surface area contributed by atoms with Gasteiger partial charge in [-0.2, -0.15) is 5.10 Å². The normalized spacial score (nSPS) is 14.7. The number of rotatable bonds is 5. The van der Waals surface area contributed by atoms with E-state index in [0.717, 1.165) is 18.8 Å². The van der Waals surface area contributed by atoms with Crippen molar-refractivity contribution in [2.24, 2.45) is 0 Å². The van der Waals surface area contributed by atoms with Gasteiger partial charge < -0.3 is 10.2 Å². The Morgan fingerprint density at radius 2 is 2.00 bits per heavy atom. The molecule has 1 fully saturated rings. The number of aromatic nitrogens is 2. The summed E-state index contributed by atoms with van der Waals surface area (Å²) in [6.07, 6.45) is 6.95. The topological polar surface area (TPSA) is 50.2 Å². The van der Waals surface area contributed by atoms with E-state index in [4.69, 9.17) is 23.2 Å². The zero-order chi connectivity index (χ0) is 16.9. The zero-order valence-corrected chi connectivity index (χ0v) is 14.9. The first-order chi connectivity index (χ1) is 11.6. The molecule has 1 aliphatic heterocycles. The second kappa shape index (κ2) is 7.90. The van der Waals surface area contributed by atoms with Crippen LogP contribution in [0.3, 0.4) is 0 Å². The van der Waals surface area contributed by atoms with Gasteiger partial charge in [0.25, 0.3) is 5.91 Å². The average Bonchev–Trinajstić information content (AvgIpc) is 3.01. The first kappa shape index (κ1) is 17.1. The Morgan fingerprint density at radius 3 is 2.71 bits per heavy atom. The fourth-order valence-corrected chi connectivity index (χ4v) is 3.24. The summed E-state index contributed by atoms with van der Waals surface area (Å²) in [5.41, 5.74) is 1.57. The molecule has 0 bridgehead atoms. The average molecular weight is 367 g/mol. The molecule has 0 atom stereocenters. The van der Waals surface area contributed by atoms with Crippen molar-refractivity contribution < 1.29 is 4.79 Å². The molecule has 128 valence electrons. The lowest BCUT2D eigenvalue weighted by atomic mass is 10.1. The van der Waals surface area contributed by atoms with E-state index in [-0.39, 0.29) is 5.91 Å². The molecular weight excluding hydrogens is 347 g/mol. The molecule has 7 heteroatoms. The maximum atomic E-state index is 12.4. The Morgan fingerprint density at radius 1 is 1.21 bits per heavy atom. The minimum atomic E-state index is -0.169. The second-order valence-electron chi connectivity index (χ2n) is 5.89. The minimum absolute atomic E-state index is 0.169. The molecule has 0 unspecified atom stereocenters. The number of anilines is 1. The monoisotopic (exact) mass is 366 g/mol. The SMILES string of the molecule is O=C(NCCn1cc(Cl)cn1)c1cc(N2CCCCC2)ccc1Cl. The van der Waals surface area contributed by atoms with E-state index in [1.807, 2.05) is 12.1 Å². The lowest BCUT2D eigenvalue weighted by Crippen LogP contribution is -2.30. The van der Waals surface area contributed by atoms with Gasteiger partial charge in [0, 0.05) is 31.5 Å². The van der Waals surface area contributed by atoms with Crippen LogP contribution in [0, 0.1) is 0 Å². The van der Waals surface area contributed by atoms with E-state index < -0.39 is 0 Å². The zero-order valence-electron chi connectivity index (χ0n) is 13.3. The molecule has 1 aliphatic rings. The molecule has 1 aromatic carbocycles. The number of nitrogens with zero attached hydrogens (tertiary/aromatic N) is 3. The predicted octanol–water partition coefficient (Wildman–Crippen LogP) is 3.61. The van der Waals surface area contributed by atoms with E-state index in [2.05, 4.69) is 15.3 Å². The Balaban J connectivity index is 1.62. The maximum Gasteiger partial charge on any atom is 0.252 e. The Labute approximate surface area is 151 Å². The largest absolute Gasteiger partial charge is 0.372 e. The number of halogens is 2. The number of carbonyl (C=O) groups excluding carboxylic acids is 1. The Hall–Kier alpha value is -1.72. The van der Waals surface area contributed by atoms with Gasteiger partial charge in [0.1, 0.15) is 0 Å². The van der Waals surface area contributed by atoms with Crippen LogP contribution >= 0.6 is 23.2 Å². The van der Waals surface area contributed by atoms with Crippen molar-refractivity contribution in [2.75, 3.05) is 24.5 Å². The highest BCUT2D eigenvalue weighted by atomic mass is 35.5. The van der Waals surface area contributed by atoms with Crippen LogP contribution in [0.2, 0.25) is 10.0 Å². The van der Waals surface area contributed by atoms with E-state index >= 15 is 0 Å². The fourth-order valence-electron chi connectivity index (χ4n) is 2.88. The fraction of sp³-hybridized carbons (Fsp3) is 0.412. The van der Waals surface area contributed by atoms with Crippen LogP contribution in [0.25, 0.3) is 0 Å². The van der Waals surface area contributed by atoms with E-state index in [0.29, 0.717) is 28.7 Å². The summed E-state index contributed by atoms with van der Waals surface area (Å²) < 4.78 is 1.69. The lowest BCUT2D eigenvalue weighted by molar-refractivity contribution is 0.0952. The molecule has 0 saturated carbocycles. The van der Waals surface area contributed by atoms with Gasteiger partial charge in [0.15, 0.2) is 0 Å². The number of nitrogens with one attached hydrogen (secondary N) is 1. The van der Waals surface area contributed by atoms with Crippen molar-refractivity contribution in [3.8, 4) is 0 Å². The summed E-state index contributed by atoms with van der Waals surface area (Å²) in [5.74, 6) is -0.169. The smallest absolute Gasteiger partial charge is 0.252 e. The molecule has 2 aromatic rings. The van der Waals surface area contributed by atoms with Gasteiger partial charge in [0.05, 0.1) is 28.4 Å². The van der Waals surface area contributed by atoms with E-state index in [1.165, 1.54) is 19.3 Å². The van der Waals surface area contributed by atoms with Crippen LogP contribution in [-0.4, -0.2) is 35.3 Å². The van der Waals surface area contributed by atoms with Gasteiger partial charge in [0.2, 0.25) is 0 Å². The minimum Gasteiger partial charge on any atom is -0.372 e. The number of hydrogen-bond acceptors (Lipinski definition) is 3. The molecule has 2 heterocycles. The van der Waals surface area contributed by atoms with E-state index in [1.54, 1.807) is 23.1 Å². The number of hydrogen-bond donors (Lipinski definition) is 1. The molecular formula is C17H20Cl2N4O.